The zero-order chi connectivity index (χ0) is 25.0. The first-order valence-corrected chi connectivity index (χ1v) is 12.7. The van der Waals surface area contributed by atoms with E-state index in [9.17, 15) is 13.2 Å². The van der Waals surface area contributed by atoms with Crippen LogP contribution in [0.15, 0.2) is 76.8 Å². The van der Waals surface area contributed by atoms with Crippen LogP contribution in [0.1, 0.15) is 34.4 Å². The maximum absolute atomic E-state index is 13.5. The number of anilines is 1. The minimum Gasteiger partial charge on any atom is -0.487 e. The summed E-state index contributed by atoms with van der Waals surface area (Å²) in [5, 5.41) is 8.65. The number of nitrogens with zero attached hydrogens (tertiary/aromatic N) is 1. The molecule has 1 aromatic heterocycles. The van der Waals surface area contributed by atoms with Crippen LogP contribution < -0.4 is 9.04 Å². The first kappa shape index (κ1) is 24.3. The van der Waals surface area contributed by atoms with Gasteiger partial charge in [0.2, 0.25) is 5.09 Å². The fraction of sp³-hybridized carbons (Fsp3) is 0.222. The number of furan rings is 1. The van der Waals surface area contributed by atoms with Crippen LogP contribution in [0.2, 0.25) is 0 Å². The highest BCUT2D eigenvalue weighted by Crippen LogP contribution is 2.39. The summed E-state index contributed by atoms with van der Waals surface area (Å²) in [4.78, 5) is 10.7. The largest absolute Gasteiger partial charge is 0.487 e. The molecule has 182 valence electrons. The number of rotatable bonds is 10. The van der Waals surface area contributed by atoms with Gasteiger partial charge in [0.25, 0.3) is 10.0 Å². The molecule has 0 aliphatic heterocycles. The van der Waals surface area contributed by atoms with Crippen LogP contribution in [-0.2, 0) is 34.3 Å². The summed E-state index contributed by atoms with van der Waals surface area (Å²) < 4.78 is 39.9. The number of carboxylic acids is 1. The quantitative estimate of drug-likeness (QED) is 0.310. The lowest BCUT2D eigenvalue weighted by Gasteiger charge is -2.25. The van der Waals surface area contributed by atoms with Gasteiger partial charge in [0, 0.05) is 6.08 Å². The molecule has 8 heteroatoms. The summed E-state index contributed by atoms with van der Waals surface area (Å²) in [6, 6.07) is 14.2. The van der Waals surface area contributed by atoms with Crippen molar-refractivity contribution in [1.82, 2.24) is 0 Å². The molecule has 0 fully saturated rings. The number of carboxylic acid groups (broad SMARTS) is 1. The van der Waals surface area contributed by atoms with Gasteiger partial charge in [-0.1, -0.05) is 30.3 Å². The van der Waals surface area contributed by atoms with Gasteiger partial charge < -0.3 is 14.3 Å². The van der Waals surface area contributed by atoms with Crippen molar-refractivity contribution in [1.29, 1.82) is 0 Å². The Labute approximate surface area is 205 Å². The SMILES string of the molecule is C=CCN(c1cc2c(cc1OCc1ccc(C=CC(=O)O)cc1)CCC2)S(=O)(=O)c1ccc(C)o1. The molecule has 2 aromatic carbocycles. The maximum Gasteiger partial charge on any atom is 0.328 e. The zero-order valence-electron chi connectivity index (χ0n) is 19.4. The number of carbonyl (C=O) groups is 1. The van der Waals surface area contributed by atoms with E-state index in [-0.39, 0.29) is 18.2 Å². The van der Waals surface area contributed by atoms with E-state index in [4.69, 9.17) is 14.3 Å². The van der Waals surface area contributed by atoms with Gasteiger partial charge >= 0.3 is 5.97 Å². The average Bonchev–Trinajstić information content (AvgIpc) is 3.48. The van der Waals surface area contributed by atoms with Crippen LogP contribution in [0, 0.1) is 6.92 Å². The van der Waals surface area contributed by atoms with Crippen molar-refractivity contribution in [3.05, 3.63) is 95.3 Å². The van der Waals surface area contributed by atoms with E-state index in [1.165, 1.54) is 22.5 Å². The van der Waals surface area contributed by atoms with Gasteiger partial charge in [0.1, 0.15) is 18.1 Å². The van der Waals surface area contributed by atoms with E-state index in [0.29, 0.717) is 17.2 Å². The van der Waals surface area contributed by atoms with Crippen molar-refractivity contribution in [2.75, 3.05) is 10.8 Å². The maximum atomic E-state index is 13.5. The third-order valence-corrected chi connectivity index (χ3v) is 7.44. The van der Waals surface area contributed by atoms with Gasteiger partial charge in [0.15, 0.2) is 0 Å². The third kappa shape index (κ3) is 5.49. The molecule has 0 atom stereocenters. The van der Waals surface area contributed by atoms with Crippen LogP contribution >= 0.6 is 0 Å². The minimum absolute atomic E-state index is 0.0574. The number of benzene rings is 2. The van der Waals surface area contributed by atoms with Gasteiger partial charge in [-0.25, -0.2) is 4.79 Å². The van der Waals surface area contributed by atoms with Crippen molar-refractivity contribution in [2.45, 2.75) is 37.9 Å². The summed E-state index contributed by atoms with van der Waals surface area (Å²) in [5.41, 5.74) is 4.33. The molecule has 0 spiro atoms. The summed E-state index contributed by atoms with van der Waals surface area (Å²) in [5.74, 6) is -0.0336. The lowest BCUT2D eigenvalue weighted by Crippen LogP contribution is -2.31. The van der Waals surface area contributed by atoms with E-state index < -0.39 is 16.0 Å². The summed E-state index contributed by atoms with van der Waals surface area (Å²) in [6.07, 6.45) is 6.94. The fourth-order valence-corrected chi connectivity index (χ4v) is 5.45. The van der Waals surface area contributed by atoms with E-state index in [0.717, 1.165) is 47.6 Å². The second-order valence-electron chi connectivity index (χ2n) is 8.33. The lowest BCUT2D eigenvalue weighted by molar-refractivity contribution is -0.131. The summed E-state index contributed by atoms with van der Waals surface area (Å²) in [6.45, 7) is 5.72. The van der Waals surface area contributed by atoms with E-state index >= 15 is 0 Å². The van der Waals surface area contributed by atoms with Crippen molar-refractivity contribution < 1.29 is 27.5 Å². The Morgan fingerprint density at radius 3 is 2.49 bits per heavy atom. The van der Waals surface area contributed by atoms with Gasteiger partial charge in [-0.15, -0.1) is 6.58 Å². The highest BCUT2D eigenvalue weighted by Gasteiger charge is 2.31. The molecule has 0 amide bonds. The molecule has 1 heterocycles. The first-order valence-electron chi connectivity index (χ1n) is 11.3. The molecular formula is C27H27NO6S. The standard InChI is InChI=1S/C27H27NO6S/c1-3-15-28(35(31,32)27-14-7-19(2)34-27)24-16-22-5-4-6-23(22)17-25(24)33-18-21-10-8-20(9-11-21)12-13-26(29)30/h3,7-14,16-17H,1,4-6,15,18H2,2H3,(H,29,30). The molecule has 1 aliphatic rings. The Hall–Kier alpha value is -3.78. The zero-order valence-corrected chi connectivity index (χ0v) is 20.3. The third-order valence-electron chi connectivity index (χ3n) is 5.79. The average molecular weight is 494 g/mol. The molecule has 35 heavy (non-hydrogen) atoms. The molecule has 1 aliphatic carbocycles. The first-order chi connectivity index (χ1) is 16.8. The molecule has 4 rings (SSSR count). The van der Waals surface area contributed by atoms with Crippen LogP contribution in [0.3, 0.4) is 0 Å². The van der Waals surface area contributed by atoms with Crippen molar-refractivity contribution in [3.8, 4) is 5.75 Å². The highest BCUT2D eigenvalue weighted by atomic mass is 32.2. The molecule has 0 radical (unpaired) electrons. The predicted molar refractivity (Wildman–Crippen MR) is 134 cm³/mol. The number of hydrogen-bond acceptors (Lipinski definition) is 5. The molecule has 0 unspecified atom stereocenters. The van der Waals surface area contributed by atoms with Crippen LogP contribution in [0.5, 0.6) is 5.75 Å². The van der Waals surface area contributed by atoms with E-state index in [2.05, 4.69) is 6.58 Å². The fourth-order valence-electron chi connectivity index (χ4n) is 4.06. The number of ether oxygens (including phenoxy) is 1. The topological polar surface area (TPSA) is 97.0 Å². The number of aryl methyl sites for hydroxylation is 3. The lowest BCUT2D eigenvalue weighted by atomic mass is 10.1. The molecule has 3 aromatic rings. The molecule has 0 saturated heterocycles. The second-order valence-corrected chi connectivity index (χ2v) is 10.1. The monoisotopic (exact) mass is 493 g/mol. The number of fused-ring (bicyclic) bond motifs is 1. The Kier molecular flexibility index (Phi) is 7.12. The van der Waals surface area contributed by atoms with Gasteiger partial charge in [-0.3, -0.25) is 4.31 Å². The Morgan fingerprint density at radius 2 is 1.86 bits per heavy atom. The molecule has 1 N–H and O–H groups in total. The molecule has 0 saturated carbocycles. The number of hydrogen-bond donors (Lipinski definition) is 1. The molecular weight excluding hydrogens is 466 g/mol. The number of sulfonamides is 1. The minimum atomic E-state index is -3.98. The summed E-state index contributed by atoms with van der Waals surface area (Å²) in [7, 11) is -3.98. The van der Waals surface area contributed by atoms with Crippen molar-refractivity contribution >= 4 is 27.8 Å². The van der Waals surface area contributed by atoms with Crippen molar-refractivity contribution in [2.24, 2.45) is 0 Å². The summed E-state index contributed by atoms with van der Waals surface area (Å²) >= 11 is 0. The van der Waals surface area contributed by atoms with Crippen LogP contribution in [-0.4, -0.2) is 26.0 Å². The smallest absolute Gasteiger partial charge is 0.328 e. The van der Waals surface area contributed by atoms with Crippen molar-refractivity contribution in [3.63, 3.8) is 0 Å². The van der Waals surface area contributed by atoms with Crippen LogP contribution in [0.4, 0.5) is 5.69 Å². The molecule has 7 nitrogen and oxygen atoms in total. The van der Waals surface area contributed by atoms with Crippen LogP contribution in [0.25, 0.3) is 6.08 Å². The highest BCUT2D eigenvalue weighted by molar-refractivity contribution is 7.92. The van der Waals surface area contributed by atoms with Gasteiger partial charge in [-0.2, -0.15) is 8.42 Å². The van der Waals surface area contributed by atoms with Gasteiger partial charge in [0.05, 0.1) is 12.2 Å². The normalized spacial score (nSPS) is 13.1. The van der Waals surface area contributed by atoms with E-state index in [1.807, 2.05) is 24.3 Å². The number of aliphatic carboxylic acids is 1. The Bertz CT molecular complexity index is 1370. The molecule has 0 bridgehead atoms. The second kappa shape index (κ2) is 10.2. The Balaban J connectivity index is 1.66. The van der Waals surface area contributed by atoms with E-state index in [1.54, 1.807) is 25.1 Å². The Morgan fingerprint density at radius 1 is 1.14 bits per heavy atom. The van der Waals surface area contributed by atoms with Gasteiger partial charge in [-0.05, 0) is 78.8 Å². The predicted octanol–water partition coefficient (Wildman–Crippen LogP) is 5.13.